The SMILES string of the molecule is COC(=O)N[C@@H](C(=O)N1CC2(C[C@H]1C1=NC=C(c3ccc(-c4ccc(-c5cnc([C@@H]6C=CCN6C(=O)[C@H](NC(=O)OC)c6ccccc6)[nH]5)cc4)cc3)C1)OCCO2)c1ccccc1. The number of carbonyl (C=O) groups is 4. The maximum Gasteiger partial charge on any atom is 0.407 e. The molecule has 0 bridgehead atoms. The number of aromatic amines is 1. The summed E-state index contributed by atoms with van der Waals surface area (Å²) in [7, 11) is 2.53. The van der Waals surface area contributed by atoms with Crippen LogP contribution >= 0.6 is 0 Å². The van der Waals surface area contributed by atoms with Crippen molar-refractivity contribution in [1.29, 1.82) is 0 Å². The van der Waals surface area contributed by atoms with Crippen molar-refractivity contribution < 1.29 is 38.1 Å². The summed E-state index contributed by atoms with van der Waals surface area (Å²) in [6.45, 7) is 1.44. The number of likely N-dealkylation sites (tertiary alicyclic amines) is 1. The molecule has 0 unspecified atom stereocenters. The summed E-state index contributed by atoms with van der Waals surface area (Å²) >= 11 is 0. The lowest BCUT2D eigenvalue weighted by Gasteiger charge is -2.29. The third-order valence-corrected chi connectivity index (χ3v) is 12.1. The van der Waals surface area contributed by atoms with E-state index in [-0.39, 0.29) is 18.4 Å². The van der Waals surface area contributed by atoms with E-state index in [1.165, 1.54) is 14.2 Å². The molecule has 0 saturated carbocycles. The van der Waals surface area contributed by atoms with E-state index in [9.17, 15) is 19.2 Å². The van der Waals surface area contributed by atoms with Crippen LogP contribution in [0.1, 0.15) is 53.5 Å². The third-order valence-electron chi connectivity index (χ3n) is 12.1. The molecule has 5 aromatic rings. The zero-order valence-corrected chi connectivity index (χ0v) is 35.3. The van der Waals surface area contributed by atoms with Gasteiger partial charge in [0.1, 0.15) is 23.9 Å². The Hall–Kier alpha value is -7.36. The Bertz CT molecular complexity index is 2600. The first kappa shape index (κ1) is 42.0. The monoisotopic (exact) mass is 861 g/mol. The normalized spacial score (nSPS) is 19.5. The minimum Gasteiger partial charge on any atom is -0.453 e. The van der Waals surface area contributed by atoms with E-state index >= 15 is 0 Å². The number of allylic oxidation sites excluding steroid dienone is 1. The molecule has 4 atom stereocenters. The number of methoxy groups -OCH3 is 2. The summed E-state index contributed by atoms with van der Waals surface area (Å²) in [6.07, 6.45) is 7.02. The molecule has 326 valence electrons. The van der Waals surface area contributed by atoms with Gasteiger partial charge >= 0.3 is 12.2 Å². The van der Waals surface area contributed by atoms with Crippen LogP contribution in [0, 0.1) is 0 Å². The van der Waals surface area contributed by atoms with Gasteiger partial charge in [0.25, 0.3) is 11.8 Å². The third kappa shape index (κ3) is 8.55. The summed E-state index contributed by atoms with van der Waals surface area (Å²) in [5.41, 5.74) is 7.94. The van der Waals surface area contributed by atoms with Gasteiger partial charge in [0.2, 0.25) is 0 Å². The Balaban J connectivity index is 0.859. The van der Waals surface area contributed by atoms with Gasteiger partial charge in [-0.3, -0.25) is 14.6 Å². The molecule has 4 amide bonds. The first-order valence-corrected chi connectivity index (χ1v) is 21.1. The zero-order valence-electron chi connectivity index (χ0n) is 35.3. The number of hydrogen-bond acceptors (Lipinski definition) is 10. The number of amides is 4. The van der Waals surface area contributed by atoms with Gasteiger partial charge in [-0.15, -0.1) is 0 Å². The molecule has 15 heteroatoms. The second-order valence-electron chi connectivity index (χ2n) is 15.9. The first-order valence-electron chi connectivity index (χ1n) is 21.1. The molecule has 64 heavy (non-hydrogen) atoms. The fourth-order valence-corrected chi connectivity index (χ4v) is 8.79. The van der Waals surface area contributed by atoms with Gasteiger partial charge in [0.15, 0.2) is 5.79 Å². The number of imidazole rings is 1. The number of carbonyl (C=O) groups excluding carboxylic acids is 4. The number of nitrogens with one attached hydrogen (secondary N) is 3. The molecule has 1 spiro atoms. The highest BCUT2D eigenvalue weighted by Crippen LogP contribution is 2.40. The van der Waals surface area contributed by atoms with Crippen molar-refractivity contribution in [3.8, 4) is 22.4 Å². The fraction of sp³-hybridized carbons (Fsp3) is 0.265. The highest BCUT2D eigenvalue weighted by atomic mass is 16.7. The molecular weight excluding hydrogens is 815 g/mol. The van der Waals surface area contributed by atoms with Crippen molar-refractivity contribution in [2.45, 2.75) is 42.8 Å². The predicted molar refractivity (Wildman–Crippen MR) is 237 cm³/mol. The zero-order chi connectivity index (χ0) is 44.2. The largest absolute Gasteiger partial charge is 0.453 e. The number of H-pyrrole nitrogens is 1. The molecular formula is C49H47N7O8. The van der Waals surface area contributed by atoms with Crippen LogP contribution in [-0.2, 0) is 28.5 Å². The second kappa shape index (κ2) is 18.2. The van der Waals surface area contributed by atoms with E-state index in [0.29, 0.717) is 49.6 Å². The van der Waals surface area contributed by atoms with Crippen LogP contribution in [0.15, 0.2) is 139 Å². The number of aliphatic imine (C=N–C) groups is 1. The Morgan fingerprint density at radius 1 is 0.734 bits per heavy atom. The van der Waals surface area contributed by atoms with E-state index in [4.69, 9.17) is 23.9 Å². The Morgan fingerprint density at radius 3 is 1.86 bits per heavy atom. The van der Waals surface area contributed by atoms with Crippen LogP contribution in [0.2, 0.25) is 0 Å². The van der Waals surface area contributed by atoms with Gasteiger partial charge in [0, 0.05) is 31.3 Å². The summed E-state index contributed by atoms with van der Waals surface area (Å²) < 4.78 is 21.9. The van der Waals surface area contributed by atoms with Crippen LogP contribution < -0.4 is 10.6 Å². The fourth-order valence-electron chi connectivity index (χ4n) is 8.79. The number of hydrogen-bond donors (Lipinski definition) is 3. The molecule has 1 aromatic heterocycles. The maximum absolute atomic E-state index is 14.4. The molecule has 0 aliphatic carbocycles. The van der Waals surface area contributed by atoms with Crippen molar-refractivity contribution in [3.05, 3.63) is 156 Å². The van der Waals surface area contributed by atoms with Crippen molar-refractivity contribution in [2.24, 2.45) is 4.99 Å². The minimum absolute atomic E-state index is 0.205. The van der Waals surface area contributed by atoms with E-state index < -0.39 is 42.1 Å². The molecule has 5 heterocycles. The molecule has 3 N–H and O–H groups in total. The molecule has 2 saturated heterocycles. The Morgan fingerprint density at radius 2 is 1.28 bits per heavy atom. The van der Waals surface area contributed by atoms with Crippen LogP contribution in [0.25, 0.3) is 28.0 Å². The molecule has 2 fully saturated rings. The lowest BCUT2D eigenvalue weighted by Crippen LogP contribution is -2.48. The molecule has 0 radical (unpaired) electrons. The minimum atomic E-state index is -0.976. The van der Waals surface area contributed by atoms with Gasteiger partial charge in [-0.25, -0.2) is 14.6 Å². The smallest absolute Gasteiger partial charge is 0.407 e. The highest BCUT2D eigenvalue weighted by Gasteiger charge is 2.53. The molecule has 4 aromatic carbocycles. The predicted octanol–water partition coefficient (Wildman–Crippen LogP) is 6.91. The number of benzene rings is 4. The van der Waals surface area contributed by atoms with Gasteiger partial charge in [-0.05, 0) is 39.0 Å². The Labute approximate surface area is 369 Å². The van der Waals surface area contributed by atoms with Gasteiger partial charge in [0.05, 0.1) is 51.9 Å². The Kier molecular flexibility index (Phi) is 11.9. The number of aromatic nitrogens is 2. The first-order chi connectivity index (χ1) is 31.2. The lowest BCUT2D eigenvalue weighted by atomic mass is 9.95. The quantitative estimate of drug-likeness (QED) is 0.119. The van der Waals surface area contributed by atoms with Crippen LogP contribution in [-0.4, -0.2) is 102 Å². The summed E-state index contributed by atoms with van der Waals surface area (Å²) in [6, 6.07) is 31.9. The summed E-state index contributed by atoms with van der Waals surface area (Å²) in [4.78, 5) is 69.2. The average molecular weight is 862 g/mol. The van der Waals surface area contributed by atoms with Crippen molar-refractivity contribution in [2.75, 3.05) is 40.5 Å². The summed E-state index contributed by atoms with van der Waals surface area (Å²) in [5, 5.41) is 5.41. The van der Waals surface area contributed by atoms with E-state index in [0.717, 1.165) is 39.2 Å². The van der Waals surface area contributed by atoms with Crippen molar-refractivity contribution >= 4 is 35.3 Å². The molecule has 4 aliphatic rings. The van der Waals surface area contributed by atoms with Crippen LogP contribution in [0.4, 0.5) is 9.59 Å². The number of nitrogens with zero attached hydrogens (tertiary/aromatic N) is 4. The maximum atomic E-state index is 14.4. The molecule has 15 nitrogen and oxygen atoms in total. The highest BCUT2D eigenvalue weighted by molar-refractivity contribution is 6.04. The van der Waals surface area contributed by atoms with Gasteiger partial charge in [-0.1, -0.05) is 121 Å². The van der Waals surface area contributed by atoms with E-state index in [1.54, 1.807) is 40.3 Å². The lowest BCUT2D eigenvalue weighted by molar-refractivity contribution is -0.153. The second-order valence-corrected chi connectivity index (χ2v) is 15.9. The van der Waals surface area contributed by atoms with E-state index in [2.05, 4.69) is 57.0 Å². The standard InChI is InChI=1S/C49H47N7O8/c1-61-47(59)53-42(35-10-5-3-6-11-35)45(57)55-23-9-14-40(55)44-51-29-39(52-44)34-21-19-32(20-22-34)31-15-17-33(18-16-31)37-26-38(50-28-37)41-27-49(63-24-25-64-49)30-56(41)46(58)43(54-48(60)62-2)36-12-7-4-8-13-36/h3-22,28-29,40-43H,23-27,30H2,1-2H3,(H,51,52)(H,53,59)(H,54,60)/t40-,41-,42+,43+/m0/s1. The van der Waals surface area contributed by atoms with Gasteiger partial charge in [-0.2, -0.15) is 0 Å². The molecule has 9 rings (SSSR count). The average Bonchev–Trinajstić information content (AvgIpc) is 4.21. The number of rotatable bonds is 11. The van der Waals surface area contributed by atoms with Crippen LogP contribution in [0.3, 0.4) is 0 Å². The summed E-state index contributed by atoms with van der Waals surface area (Å²) in [5.74, 6) is -0.919. The van der Waals surface area contributed by atoms with Gasteiger partial charge < -0.3 is 44.4 Å². The van der Waals surface area contributed by atoms with Crippen LogP contribution in [0.5, 0.6) is 0 Å². The van der Waals surface area contributed by atoms with Crippen molar-refractivity contribution in [1.82, 2.24) is 30.4 Å². The molecule has 4 aliphatic heterocycles. The van der Waals surface area contributed by atoms with Crippen molar-refractivity contribution in [3.63, 3.8) is 0 Å². The van der Waals surface area contributed by atoms with E-state index in [1.807, 2.05) is 66.9 Å². The topological polar surface area (TPSA) is 177 Å². The number of alkyl carbamates (subject to hydrolysis) is 2. The number of ether oxygens (including phenoxy) is 4.